The van der Waals surface area contributed by atoms with Gasteiger partial charge in [-0.15, -0.1) is 11.8 Å². The van der Waals surface area contributed by atoms with Crippen LogP contribution in [0.4, 0.5) is 0 Å². The molecule has 5 heteroatoms. The molecule has 0 heterocycles. The van der Waals surface area contributed by atoms with Crippen LogP contribution in [-0.4, -0.2) is 6.26 Å². The van der Waals surface area contributed by atoms with Crippen LogP contribution in [0, 0.1) is 11.3 Å². The maximum atomic E-state index is 9.28. The molecule has 2 aromatic carbocycles. The topological polar surface area (TPSA) is 23.8 Å². The van der Waals surface area contributed by atoms with Crippen molar-refractivity contribution in [2.75, 3.05) is 6.26 Å². The van der Waals surface area contributed by atoms with Crippen molar-refractivity contribution in [3.05, 3.63) is 52.0 Å². The summed E-state index contributed by atoms with van der Waals surface area (Å²) in [7, 11) is 0. The Hall–Kier alpha value is -0.790. The number of hydrogen-bond donors (Lipinski definition) is 0. The third kappa shape index (κ3) is 3.40. The first-order valence-corrected chi connectivity index (χ1v) is 8.15. The van der Waals surface area contributed by atoms with E-state index in [1.807, 2.05) is 36.6 Å². The van der Waals surface area contributed by atoms with Gasteiger partial charge in [-0.1, -0.05) is 41.0 Å². The molecule has 0 fully saturated rings. The molecule has 0 amide bonds. The molecule has 0 N–H and O–H groups in total. The third-order valence-electron chi connectivity index (χ3n) is 2.44. The second-order valence-corrected chi connectivity index (χ2v) is 6.40. The van der Waals surface area contributed by atoms with Crippen molar-refractivity contribution in [3.8, 4) is 6.07 Å². The average Bonchev–Trinajstić information content (AvgIpc) is 2.42. The van der Waals surface area contributed by atoms with Crippen LogP contribution in [-0.2, 0) is 0 Å². The molecule has 0 saturated heterocycles. The van der Waals surface area contributed by atoms with Crippen LogP contribution < -0.4 is 0 Å². The summed E-state index contributed by atoms with van der Waals surface area (Å²) in [4.78, 5) is 2.87. The first-order chi connectivity index (χ1) is 9.15. The van der Waals surface area contributed by atoms with Gasteiger partial charge in [-0.3, -0.25) is 0 Å². The number of hydrogen-bond acceptors (Lipinski definition) is 3. The van der Waals surface area contributed by atoms with Crippen molar-refractivity contribution < 1.29 is 0 Å². The van der Waals surface area contributed by atoms with Gasteiger partial charge in [0.1, 0.15) is 6.07 Å². The molecular weight excluding hydrogens is 317 g/mol. The highest BCUT2D eigenvalue weighted by Gasteiger charge is 2.09. The monoisotopic (exact) mass is 325 g/mol. The fourth-order valence-corrected chi connectivity index (χ4v) is 3.52. The van der Waals surface area contributed by atoms with Crippen LogP contribution in [0.1, 0.15) is 5.56 Å². The second kappa shape index (κ2) is 6.58. The Labute approximate surface area is 130 Å². The van der Waals surface area contributed by atoms with Crippen LogP contribution in [0.2, 0.25) is 10.0 Å². The van der Waals surface area contributed by atoms with Gasteiger partial charge in [0.05, 0.1) is 15.6 Å². The molecule has 96 valence electrons. The summed E-state index contributed by atoms with van der Waals surface area (Å²) in [5, 5.41) is 10.3. The SMILES string of the molecule is CSc1cccc(Sc2ccc(Cl)c(Cl)c2)c1C#N. The van der Waals surface area contributed by atoms with Crippen molar-refractivity contribution in [2.24, 2.45) is 0 Å². The van der Waals surface area contributed by atoms with Gasteiger partial charge in [0.15, 0.2) is 0 Å². The molecule has 0 aliphatic rings. The summed E-state index contributed by atoms with van der Waals surface area (Å²) in [5.41, 5.74) is 0.700. The third-order valence-corrected chi connectivity index (χ3v) is 5.01. The molecule has 0 aliphatic carbocycles. The molecule has 0 aliphatic heterocycles. The lowest BCUT2D eigenvalue weighted by Crippen LogP contribution is -1.85. The summed E-state index contributed by atoms with van der Waals surface area (Å²) < 4.78 is 0. The van der Waals surface area contributed by atoms with E-state index in [0.717, 1.165) is 14.7 Å². The molecule has 0 radical (unpaired) electrons. The predicted octanol–water partition coefficient (Wildman–Crippen LogP) is 5.74. The highest BCUT2D eigenvalue weighted by atomic mass is 35.5. The molecule has 0 bridgehead atoms. The van der Waals surface area contributed by atoms with E-state index in [1.165, 1.54) is 11.8 Å². The standard InChI is InChI=1S/C14H9Cl2NS2/c1-18-13-3-2-4-14(10(13)8-17)19-9-5-6-11(15)12(16)7-9/h2-7H,1H3. The predicted molar refractivity (Wildman–Crippen MR) is 83.5 cm³/mol. The van der Waals surface area contributed by atoms with Gasteiger partial charge in [0.2, 0.25) is 0 Å². The molecule has 0 atom stereocenters. The minimum Gasteiger partial charge on any atom is -0.192 e. The number of benzene rings is 2. The molecule has 0 aromatic heterocycles. The molecule has 2 aromatic rings. The van der Waals surface area contributed by atoms with Crippen molar-refractivity contribution in [2.45, 2.75) is 14.7 Å². The van der Waals surface area contributed by atoms with E-state index in [-0.39, 0.29) is 0 Å². The lowest BCUT2D eigenvalue weighted by Gasteiger charge is -2.08. The number of thioether (sulfide) groups is 1. The van der Waals surface area contributed by atoms with E-state index in [9.17, 15) is 5.26 Å². The van der Waals surface area contributed by atoms with Crippen LogP contribution in [0.25, 0.3) is 0 Å². The fourth-order valence-electron chi connectivity index (χ4n) is 1.54. The number of nitrogens with zero attached hydrogens (tertiary/aromatic N) is 1. The van der Waals surface area contributed by atoms with E-state index in [4.69, 9.17) is 23.2 Å². The number of rotatable bonds is 3. The Balaban J connectivity index is 2.38. The minimum atomic E-state index is 0.520. The zero-order chi connectivity index (χ0) is 13.8. The molecule has 0 spiro atoms. The zero-order valence-electron chi connectivity index (χ0n) is 9.98. The molecule has 0 saturated carbocycles. The Morgan fingerprint density at radius 3 is 2.42 bits per heavy atom. The normalized spacial score (nSPS) is 10.2. The molecule has 2 rings (SSSR count). The lowest BCUT2D eigenvalue weighted by molar-refractivity contribution is 1.25. The van der Waals surface area contributed by atoms with Gasteiger partial charge in [0, 0.05) is 14.7 Å². The van der Waals surface area contributed by atoms with Crippen LogP contribution >= 0.6 is 46.7 Å². The molecule has 0 unspecified atom stereocenters. The average molecular weight is 326 g/mol. The van der Waals surface area contributed by atoms with E-state index in [2.05, 4.69) is 6.07 Å². The smallest absolute Gasteiger partial charge is 0.101 e. The van der Waals surface area contributed by atoms with Gasteiger partial charge in [-0.2, -0.15) is 5.26 Å². The van der Waals surface area contributed by atoms with E-state index < -0.39 is 0 Å². The van der Waals surface area contributed by atoms with Crippen molar-refractivity contribution in [1.29, 1.82) is 5.26 Å². The summed E-state index contributed by atoms with van der Waals surface area (Å²) >= 11 is 15.0. The molecule has 1 nitrogen and oxygen atoms in total. The minimum absolute atomic E-state index is 0.520. The summed E-state index contributed by atoms with van der Waals surface area (Å²) in [6.45, 7) is 0. The Kier molecular flexibility index (Phi) is 5.06. The quantitative estimate of drug-likeness (QED) is 0.672. The Bertz CT molecular complexity index is 650. The van der Waals surface area contributed by atoms with Gasteiger partial charge in [0.25, 0.3) is 0 Å². The summed E-state index contributed by atoms with van der Waals surface area (Å²) in [6.07, 6.45) is 1.96. The van der Waals surface area contributed by atoms with Crippen LogP contribution in [0.3, 0.4) is 0 Å². The van der Waals surface area contributed by atoms with E-state index >= 15 is 0 Å². The summed E-state index contributed by atoms with van der Waals surface area (Å²) in [6, 6.07) is 13.6. The van der Waals surface area contributed by atoms with Crippen LogP contribution in [0.5, 0.6) is 0 Å². The van der Waals surface area contributed by atoms with Gasteiger partial charge < -0.3 is 0 Å². The molecular formula is C14H9Cl2NS2. The van der Waals surface area contributed by atoms with Gasteiger partial charge in [-0.25, -0.2) is 0 Å². The first kappa shape index (κ1) is 14.6. The highest BCUT2D eigenvalue weighted by molar-refractivity contribution is 8.00. The largest absolute Gasteiger partial charge is 0.192 e. The fraction of sp³-hybridized carbons (Fsp3) is 0.0714. The van der Waals surface area contributed by atoms with E-state index in [1.54, 1.807) is 17.8 Å². The molecule has 19 heavy (non-hydrogen) atoms. The van der Waals surface area contributed by atoms with Crippen molar-refractivity contribution in [3.63, 3.8) is 0 Å². The maximum absolute atomic E-state index is 9.28. The number of halogens is 2. The highest BCUT2D eigenvalue weighted by Crippen LogP contribution is 2.36. The maximum Gasteiger partial charge on any atom is 0.101 e. The Morgan fingerprint density at radius 1 is 1.05 bits per heavy atom. The second-order valence-electron chi connectivity index (χ2n) is 3.62. The van der Waals surface area contributed by atoms with Crippen molar-refractivity contribution >= 4 is 46.7 Å². The lowest BCUT2D eigenvalue weighted by atomic mass is 10.2. The Morgan fingerprint density at radius 2 is 1.79 bits per heavy atom. The number of nitriles is 1. The van der Waals surface area contributed by atoms with Gasteiger partial charge in [-0.05, 0) is 36.6 Å². The summed E-state index contributed by atoms with van der Waals surface area (Å²) in [5.74, 6) is 0. The first-order valence-electron chi connectivity index (χ1n) is 5.35. The van der Waals surface area contributed by atoms with E-state index in [0.29, 0.717) is 15.6 Å². The zero-order valence-corrected chi connectivity index (χ0v) is 13.1. The van der Waals surface area contributed by atoms with Crippen LogP contribution in [0.15, 0.2) is 51.1 Å². The van der Waals surface area contributed by atoms with Crippen molar-refractivity contribution in [1.82, 2.24) is 0 Å². The van der Waals surface area contributed by atoms with Gasteiger partial charge >= 0.3 is 0 Å².